The van der Waals surface area contributed by atoms with Crippen LogP contribution in [0.15, 0.2) is 103 Å². The predicted octanol–water partition coefficient (Wildman–Crippen LogP) is 4.42. The Kier molecular flexibility index (Phi) is 7.75. The summed E-state index contributed by atoms with van der Waals surface area (Å²) >= 11 is 0. The number of aromatic nitrogens is 1. The molecule has 178 valence electrons. The second-order valence-corrected chi connectivity index (χ2v) is 8.49. The fourth-order valence-corrected chi connectivity index (χ4v) is 4.13. The average Bonchev–Trinajstić information content (AvgIpc) is 3.38. The first-order valence-electron chi connectivity index (χ1n) is 11.5. The van der Waals surface area contributed by atoms with E-state index in [2.05, 4.69) is 17.4 Å². The molecule has 0 radical (unpaired) electrons. The lowest BCUT2D eigenvalue weighted by molar-refractivity contribution is -0.139. The summed E-state index contributed by atoms with van der Waals surface area (Å²) in [4.78, 5) is 24.6. The Bertz CT molecular complexity index is 1250. The number of carboxylic acids is 1. The van der Waals surface area contributed by atoms with E-state index in [4.69, 9.17) is 0 Å². The number of carbonyl (C=O) groups excluding carboxylic acids is 1. The largest absolute Gasteiger partial charge is 0.481 e. The van der Waals surface area contributed by atoms with Gasteiger partial charge in [0.05, 0.1) is 25.0 Å². The van der Waals surface area contributed by atoms with E-state index in [0.717, 1.165) is 22.4 Å². The van der Waals surface area contributed by atoms with Gasteiger partial charge < -0.3 is 20.1 Å². The lowest BCUT2D eigenvalue weighted by Crippen LogP contribution is -2.42. The van der Waals surface area contributed by atoms with Crippen LogP contribution in [0.5, 0.6) is 0 Å². The number of aliphatic carboxylic acids is 1. The molecule has 0 unspecified atom stereocenters. The number of amides is 1. The van der Waals surface area contributed by atoms with Gasteiger partial charge in [-0.25, -0.2) is 0 Å². The second kappa shape index (κ2) is 11.3. The van der Waals surface area contributed by atoms with Gasteiger partial charge in [-0.2, -0.15) is 0 Å². The number of hydrogen-bond donors (Lipinski definition) is 3. The minimum absolute atomic E-state index is 0.241. The van der Waals surface area contributed by atoms with E-state index < -0.39 is 23.8 Å². The minimum Gasteiger partial charge on any atom is -0.481 e. The van der Waals surface area contributed by atoms with Crippen LogP contribution in [0.4, 0.5) is 0 Å². The maximum Gasteiger partial charge on any atom is 0.304 e. The Morgan fingerprint density at radius 3 is 2.09 bits per heavy atom. The van der Waals surface area contributed by atoms with Gasteiger partial charge in [0.15, 0.2) is 0 Å². The van der Waals surface area contributed by atoms with E-state index in [1.54, 1.807) is 12.3 Å². The zero-order chi connectivity index (χ0) is 24.6. The van der Waals surface area contributed by atoms with Crippen molar-refractivity contribution in [3.05, 3.63) is 115 Å². The van der Waals surface area contributed by atoms with E-state index in [-0.39, 0.29) is 13.0 Å². The molecule has 2 atom stereocenters. The highest BCUT2D eigenvalue weighted by atomic mass is 16.4. The lowest BCUT2D eigenvalue weighted by Gasteiger charge is -2.20. The molecular weight excluding hydrogens is 440 g/mol. The SMILES string of the molecule is O=C(O)C[C@H](C(=O)N[C@H](CO)Cc1ccccc1)c1ccn(-c2ccc(-c3ccccc3)cc2)c1. The highest BCUT2D eigenvalue weighted by molar-refractivity contribution is 5.88. The van der Waals surface area contributed by atoms with Gasteiger partial charge in [0.2, 0.25) is 5.91 Å². The molecule has 35 heavy (non-hydrogen) atoms. The summed E-state index contributed by atoms with van der Waals surface area (Å²) in [6.07, 6.45) is 3.72. The summed E-state index contributed by atoms with van der Waals surface area (Å²) in [5.74, 6) is -2.35. The van der Waals surface area contributed by atoms with Crippen LogP contribution in [-0.2, 0) is 16.0 Å². The van der Waals surface area contributed by atoms with Crippen LogP contribution in [0, 0.1) is 0 Å². The number of carboxylic acid groups (broad SMARTS) is 1. The van der Waals surface area contributed by atoms with Gasteiger partial charge in [-0.3, -0.25) is 9.59 Å². The first-order chi connectivity index (χ1) is 17.0. The molecule has 6 nitrogen and oxygen atoms in total. The number of hydrogen-bond acceptors (Lipinski definition) is 3. The van der Waals surface area contributed by atoms with Gasteiger partial charge in [-0.05, 0) is 46.9 Å². The van der Waals surface area contributed by atoms with Crippen LogP contribution in [0.3, 0.4) is 0 Å². The van der Waals surface area contributed by atoms with Crippen molar-refractivity contribution in [2.75, 3.05) is 6.61 Å². The Morgan fingerprint density at radius 1 is 0.829 bits per heavy atom. The van der Waals surface area contributed by atoms with Gasteiger partial charge in [-0.1, -0.05) is 72.8 Å². The van der Waals surface area contributed by atoms with Crippen molar-refractivity contribution >= 4 is 11.9 Å². The van der Waals surface area contributed by atoms with Crippen LogP contribution in [0.25, 0.3) is 16.8 Å². The number of rotatable bonds is 10. The number of carbonyl (C=O) groups is 2. The second-order valence-electron chi connectivity index (χ2n) is 8.49. The maximum atomic E-state index is 13.1. The number of nitrogens with one attached hydrogen (secondary N) is 1. The normalized spacial score (nSPS) is 12.6. The Labute approximate surface area is 204 Å². The van der Waals surface area contributed by atoms with Crippen molar-refractivity contribution in [2.24, 2.45) is 0 Å². The lowest BCUT2D eigenvalue weighted by atomic mass is 9.96. The average molecular weight is 469 g/mol. The third-order valence-electron chi connectivity index (χ3n) is 5.98. The molecule has 3 N–H and O–H groups in total. The molecule has 1 amide bonds. The molecular formula is C29H28N2O4. The first-order valence-corrected chi connectivity index (χ1v) is 11.5. The molecule has 0 saturated heterocycles. The fourth-order valence-electron chi connectivity index (χ4n) is 4.13. The van der Waals surface area contributed by atoms with E-state index in [0.29, 0.717) is 12.0 Å². The minimum atomic E-state index is -1.06. The van der Waals surface area contributed by atoms with E-state index >= 15 is 0 Å². The molecule has 0 bridgehead atoms. The van der Waals surface area contributed by atoms with E-state index in [9.17, 15) is 19.8 Å². The Balaban J connectivity index is 1.50. The Morgan fingerprint density at radius 2 is 1.46 bits per heavy atom. The summed E-state index contributed by atoms with van der Waals surface area (Å²) in [5, 5.41) is 22.1. The van der Waals surface area contributed by atoms with Gasteiger partial charge in [0.25, 0.3) is 0 Å². The molecule has 0 aliphatic carbocycles. The van der Waals surface area contributed by atoms with Gasteiger partial charge in [0.1, 0.15) is 0 Å². The molecule has 4 rings (SSSR count). The van der Waals surface area contributed by atoms with E-state index in [1.807, 2.05) is 83.6 Å². The molecule has 4 aromatic rings. The fraction of sp³-hybridized carbons (Fsp3) is 0.172. The van der Waals surface area contributed by atoms with Crippen molar-refractivity contribution in [2.45, 2.75) is 24.8 Å². The number of nitrogens with zero attached hydrogens (tertiary/aromatic N) is 1. The molecule has 0 saturated carbocycles. The first kappa shape index (κ1) is 24.0. The van der Waals surface area contributed by atoms with Crippen LogP contribution in [0.2, 0.25) is 0 Å². The summed E-state index contributed by atoms with van der Waals surface area (Å²) < 4.78 is 1.87. The molecule has 1 aromatic heterocycles. The van der Waals surface area contributed by atoms with E-state index in [1.165, 1.54) is 0 Å². The van der Waals surface area contributed by atoms with Crippen molar-refractivity contribution in [1.82, 2.24) is 9.88 Å². The summed E-state index contributed by atoms with van der Waals surface area (Å²) in [6, 6.07) is 28.9. The zero-order valence-electron chi connectivity index (χ0n) is 19.2. The summed E-state index contributed by atoms with van der Waals surface area (Å²) in [6.45, 7) is -0.241. The number of aliphatic hydroxyl groups excluding tert-OH is 1. The summed E-state index contributed by atoms with van der Waals surface area (Å²) in [5.41, 5.74) is 4.71. The number of benzene rings is 3. The molecule has 0 spiro atoms. The van der Waals surface area contributed by atoms with Crippen molar-refractivity contribution in [3.63, 3.8) is 0 Å². The van der Waals surface area contributed by atoms with Crippen LogP contribution >= 0.6 is 0 Å². The van der Waals surface area contributed by atoms with Gasteiger partial charge >= 0.3 is 5.97 Å². The Hall–Kier alpha value is -4.16. The van der Waals surface area contributed by atoms with Crippen molar-refractivity contribution < 1.29 is 19.8 Å². The van der Waals surface area contributed by atoms with Gasteiger partial charge in [0, 0.05) is 18.1 Å². The number of aliphatic hydroxyl groups is 1. The zero-order valence-corrected chi connectivity index (χ0v) is 19.2. The quantitative estimate of drug-likeness (QED) is 0.321. The van der Waals surface area contributed by atoms with Crippen LogP contribution in [0.1, 0.15) is 23.5 Å². The van der Waals surface area contributed by atoms with Crippen LogP contribution < -0.4 is 5.32 Å². The highest BCUT2D eigenvalue weighted by Crippen LogP contribution is 2.25. The molecule has 6 heteroatoms. The third kappa shape index (κ3) is 6.25. The monoisotopic (exact) mass is 468 g/mol. The molecule has 3 aromatic carbocycles. The maximum absolute atomic E-state index is 13.1. The summed E-state index contributed by atoms with van der Waals surface area (Å²) in [7, 11) is 0. The van der Waals surface area contributed by atoms with Crippen LogP contribution in [-0.4, -0.2) is 39.3 Å². The third-order valence-corrected chi connectivity index (χ3v) is 5.98. The topological polar surface area (TPSA) is 91.6 Å². The predicted molar refractivity (Wildman–Crippen MR) is 135 cm³/mol. The highest BCUT2D eigenvalue weighted by Gasteiger charge is 2.26. The van der Waals surface area contributed by atoms with Crippen molar-refractivity contribution in [1.29, 1.82) is 0 Å². The van der Waals surface area contributed by atoms with Crippen molar-refractivity contribution in [3.8, 4) is 16.8 Å². The molecule has 0 aliphatic rings. The smallest absolute Gasteiger partial charge is 0.304 e. The molecule has 0 aliphatic heterocycles. The molecule has 1 heterocycles. The standard InChI is InChI=1S/C29H28N2O4/c32-20-25(17-21-7-3-1-4-8-21)30-29(35)27(18-28(33)34)24-15-16-31(19-24)26-13-11-23(12-14-26)22-9-5-2-6-10-22/h1-16,19,25,27,32H,17-18,20H2,(H,30,35)(H,33,34)/t25-,27-/m0/s1. The van der Waals surface area contributed by atoms with Gasteiger partial charge in [-0.15, -0.1) is 0 Å². The molecule has 0 fully saturated rings.